The normalized spacial score (nSPS) is 27.3. The van der Waals surface area contributed by atoms with Gasteiger partial charge in [-0.15, -0.1) is 0 Å². The predicted octanol–water partition coefficient (Wildman–Crippen LogP) is 0.272. The molecule has 0 saturated carbocycles. The highest BCUT2D eigenvalue weighted by Gasteiger charge is 2.41. The van der Waals surface area contributed by atoms with E-state index in [4.69, 9.17) is 5.11 Å². The van der Waals surface area contributed by atoms with E-state index < -0.39 is 27.6 Å². The number of nitrogens with zero attached hydrogens (tertiary/aromatic N) is 1. The summed E-state index contributed by atoms with van der Waals surface area (Å²) in [5, 5.41) is 8.96. The van der Waals surface area contributed by atoms with E-state index in [1.54, 1.807) is 27.7 Å². The third-order valence-electron chi connectivity index (χ3n) is 2.67. The summed E-state index contributed by atoms with van der Waals surface area (Å²) in [5.74, 6) is -1.72. The van der Waals surface area contributed by atoms with Crippen molar-refractivity contribution >= 4 is 16.2 Å². The van der Waals surface area contributed by atoms with Gasteiger partial charge in [0.1, 0.15) is 0 Å². The first-order chi connectivity index (χ1) is 7.53. The largest absolute Gasteiger partial charge is 0.481 e. The lowest BCUT2D eigenvalue weighted by Gasteiger charge is -2.25. The summed E-state index contributed by atoms with van der Waals surface area (Å²) >= 11 is 0. The molecule has 0 aliphatic carbocycles. The molecule has 6 nitrogen and oxygen atoms in total. The molecule has 17 heavy (non-hydrogen) atoms. The van der Waals surface area contributed by atoms with Crippen molar-refractivity contribution in [3.05, 3.63) is 0 Å². The van der Waals surface area contributed by atoms with Crippen LogP contribution < -0.4 is 4.72 Å². The summed E-state index contributed by atoms with van der Waals surface area (Å²) in [4.78, 5) is 10.9. The molecule has 0 amide bonds. The number of hydrogen-bond acceptors (Lipinski definition) is 3. The number of rotatable bonds is 3. The summed E-state index contributed by atoms with van der Waals surface area (Å²) in [6.45, 7) is 7.30. The molecule has 0 spiro atoms. The lowest BCUT2D eigenvalue weighted by atomic mass is 9.99. The Labute approximate surface area is 102 Å². The molecule has 1 aliphatic rings. The fraction of sp³-hybridized carbons (Fsp3) is 0.900. The van der Waals surface area contributed by atoms with Crippen molar-refractivity contribution < 1.29 is 18.3 Å². The van der Waals surface area contributed by atoms with Crippen molar-refractivity contribution in [2.24, 2.45) is 11.8 Å². The molecule has 7 heteroatoms. The molecular formula is C10H20N2O4S. The SMILES string of the molecule is CC1CN(S(=O)(=O)NC(C)(C)C)CC1C(=O)O. The van der Waals surface area contributed by atoms with E-state index in [0.717, 1.165) is 0 Å². The maximum absolute atomic E-state index is 12.0. The smallest absolute Gasteiger partial charge is 0.308 e. The number of carbonyl (C=O) groups is 1. The molecule has 0 aromatic heterocycles. The van der Waals surface area contributed by atoms with Gasteiger partial charge in [0, 0.05) is 18.6 Å². The second-order valence-corrected chi connectivity index (χ2v) is 7.27. The minimum Gasteiger partial charge on any atom is -0.481 e. The Kier molecular flexibility index (Phi) is 3.85. The van der Waals surface area contributed by atoms with Crippen molar-refractivity contribution in [2.45, 2.75) is 33.2 Å². The summed E-state index contributed by atoms with van der Waals surface area (Å²) in [6, 6.07) is 0. The highest BCUT2D eigenvalue weighted by Crippen LogP contribution is 2.25. The molecule has 2 unspecified atom stereocenters. The highest BCUT2D eigenvalue weighted by atomic mass is 32.2. The Morgan fingerprint density at radius 3 is 2.24 bits per heavy atom. The quantitative estimate of drug-likeness (QED) is 0.766. The van der Waals surface area contributed by atoms with Gasteiger partial charge in [-0.05, 0) is 26.7 Å². The molecule has 2 atom stereocenters. The molecule has 1 fully saturated rings. The predicted molar refractivity (Wildman–Crippen MR) is 63.7 cm³/mol. The van der Waals surface area contributed by atoms with Gasteiger partial charge in [0.2, 0.25) is 0 Å². The van der Waals surface area contributed by atoms with E-state index in [0.29, 0.717) is 0 Å². The molecule has 1 rings (SSSR count). The van der Waals surface area contributed by atoms with E-state index in [1.165, 1.54) is 4.31 Å². The molecule has 1 aliphatic heterocycles. The summed E-state index contributed by atoms with van der Waals surface area (Å²) < 4.78 is 27.7. The number of hydrogen-bond donors (Lipinski definition) is 2. The molecular weight excluding hydrogens is 244 g/mol. The first kappa shape index (κ1) is 14.4. The minimum absolute atomic E-state index is 0.0436. The van der Waals surface area contributed by atoms with Crippen LogP contribution in [0.1, 0.15) is 27.7 Å². The number of nitrogens with one attached hydrogen (secondary N) is 1. The van der Waals surface area contributed by atoms with Gasteiger partial charge in [-0.1, -0.05) is 6.92 Å². The zero-order chi connectivity index (χ0) is 13.4. The van der Waals surface area contributed by atoms with E-state index in [-0.39, 0.29) is 19.0 Å². The van der Waals surface area contributed by atoms with Crippen molar-refractivity contribution in [3.63, 3.8) is 0 Å². The third-order valence-corrected chi connectivity index (χ3v) is 4.52. The summed E-state index contributed by atoms with van der Waals surface area (Å²) in [6.07, 6.45) is 0. The van der Waals surface area contributed by atoms with Crippen LogP contribution in [0.25, 0.3) is 0 Å². The van der Waals surface area contributed by atoms with Crippen molar-refractivity contribution in [1.29, 1.82) is 0 Å². The average molecular weight is 264 g/mol. The molecule has 1 heterocycles. The summed E-state index contributed by atoms with van der Waals surface area (Å²) in [7, 11) is -3.60. The van der Waals surface area contributed by atoms with Gasteiger partial charge in [0.05, 0.1) is 5.92 Å². The van der Waals surface area contributed by atoms with E-state index in [9.17, 15) is 13.2 Å². The number of aliphatic carboxylic acids is 1. The molecule has 0 radical (unpaired) electrons. The van der Waals surface area contributed by atoms with Crippen LogP contribution in [0.3, 0.4) is 0 Å². The zero-order valence-electron chi connectivity index (χ0n) is 10.6. The van der Waals surface area contributed by atoms with Crippen LogP contribution in [-0.4, -0.2) is 42.4 Å². The van der Waals surface area contributed by atoms with Crippen LogP contribution in [0.5, 0.6) is 0 Å². The highest BCUT2D eigenvalue weighted by molar-refractivity contribution is 7.87. The van der Waals surface area contributed by atoms with Crippen LogP contribution in [0, 0.1) is 11.8 Å². The van der Waals surface area contributed by atoms with Crippen molar-refractivity contribution in [2.75, 3.05) is 13.1 Å². The number of carboxylic acids is 1. The van der Waals surface area contributed by atoms with E-state index in [1.807, 2.05) is 0 Å². The lowest BCUT2D eigenvalue weighted by molar-refractivity contribution is -0.142. The van der Waals surface area contributed by atoms with Gasteiger partial charge in [0.15, 0.2) is 0 Å². The minimum atomic E-state index is -3.60. The fourth-order valence-corrected chi connectivity index (χ4v) is 3.58. The third kappa shape index (κ3) is 3.65. The monoisotopic (exact) mass is 264 g/mol. The molecule has 0 bridgehead atoms. The Morgan fingerprint density at radius 1 is 1.35 bits per heavy atom. The first-order valence-corrected chi connectivity index (χ1v) is 6.99. The Bertz CT molecular complexity index is 399. The van der Waals surface area contributed by atoms with Gasteiger partial charge in [0.25, 0.3) is 10.2 Å². The number of carboxylic acid groups (broad SMARTS) is 1. The molecule has 0 aromatic carbocycles. The molecule has 100 valence electrons. The Hall–Kier alpha value is -0.660. The molecule has 0 aromatic rings. The van der Waals surface area contributed by atoms with Crippen LogP contribution in [0.15, 0.2) is 0 Å². The van der Waals surface area contributed by atoms with Crippen LogP contribution in [0.2, 0.25) is 0 Å². The second kappa shape index (κ2) is 4.55. The summed E-state index contributed by atoms with van der Waals surface area (Å²) in [5.41, 5.74) is -0.566. The van der Waals surface area contributed by atoms with Crippen LogP contribution in [0.4, 0.5) is 0 Å². The van der Waals surface area contributed by atoms with E-state index in [2.05, 4.69) is 4.72 Å². The fourth-order valence-electron chi connectivity index (χ4n) is 1.89. The first-order valence-electron chi connectivity index (χ1n) is 5.55. The van der Waals surface area contributed by atoms with Gasteiger partial charge < -0.3 is 5.11 Å². The van der Waals surface area contributed by atoms with Crippen molar-refractivity contribution in [3.8, 4) is 0 Å². The van der Waals surface area contributed by atoms with Gasteiger partial charge in [-0.25, -0.2) is 0 Å². The van der Waals surface area contributed by atoms with Crippen LogP contribution in [-0.2, 0) is 15.0 Å². The standard InChI is InChI=1S/C10H20N2O4S/c1-7-5-12(6-8(7)9(13)14)17(15,16)11-10(2,3)4/h7-8,11H,5-6H2,1-4H3,(H,13,14). The Morgan fingerprint density at radius 2 is 1.88 bits per heavy atom. The molecule has 2 N–H and O–H groups in total. The lowest BCUT2D eigenvalue weighted by Crippen LogP contribution is -2.48. The van der Waals surface area contributed by atoms with Crippen molar-refractivity contribution in [1.82, 2.24) is 9.03 Å². The average Bonchev–Trinajstić information content (AvgIpc) is 2.43. The molecule has 1 saturated heterocycles. The van der Waals surface area contributed by atoms with Gasteiger partial charge in [-0.3, -0.25) is 4.79 Å². The zero-order valence-corrected chi connectivity index (χ0v) is 11.4. The van der Waals surface area contributed by atoms with Gasteiger partial charge >= 0.3 is 5.97 Å². The topological polar surface area (TPSA) is 86.7 Å². The maximum Gasteiger partial charge on any atom is 0.308 e. The Balaban J connectivity index is 2.80. The van der Waals surface area contributed by atoms with Gasteiger partial charge in [-0.2, -0.15) is 17.4 Å². The second-order valence-electron chi connectivity index (χ2n) is 5.60. The van der Waals surface area contributed by atoms with Crippen LogP contribution >= 0.6 is 0 Å². The maximum atomic E-state index is 12.0. The van der Waals surface area contributed by atoms with E-state index >= 15 is 0 Å².